The molecule has 0 unspecified atom stereocenters. The van der Waals surface area contributed by atoms with E-state index >= 15 is 4.39 Å². The van der Waals surface area contributed by atoms with E-state index in [1.807, 2.05) is 6.92 Å². The van der Waals surface area contributed by atoms with Gasteiger partial charge >= 0.3 is 134 Å². The normalized spacial score (nSPS) is 32.4. The quantitative estimate of drug-likeness (QED) is 0.760. The summed E-state index contributed by atoms with van der Waals surface area (Å²) in [5.41, 5.74) is -2.61. The van der Waals surface area contributed by atoms with Crippen LogP contribution in [0.25, 0.3) is 0 Å². The fourth-order valence-corrected chi connectivity index (χ4v) is 6.61. The minimum absolute atomic E-state index is 0.236. The molecule has 1 aromatic heterocycles. The second-order valence-corrected chi connectivity index (χ2v) is 21.7. The molecule has 0 saturated carbocycles. The molecule has 0 radical (unpaired) electrons. The number of aromatic nitrogens is 2. The predicted molar refractivity (Wildman–Crippen MR) is 87.2 cm³/mol. The zero-order chi connectivity index (χ0) is 16.9. The molecule has 0 amide bonds. The van der Waals surface area contributed by atoms with Gasteiger partial charge in [-0.2, -0.15) is 0 Å². The number of ether oxygens (including phenoxy) is 1. The number of hydrogen-bond acceptors (Lipinski definition) is 3. The predicted octanol–water partition coefficient (Wildman–Crippen LogP) is 1.75. The molecule has 0 bridgehead atoms. The number of nitrogens with zero attached hydrogens (tertiary/aromatic N) is 1. The molecule has 2 heterocycles. The third kappa shape index (κ3) is 2.91. The molecule has 22 heavy (non-hydrogen) atoms. The van der Waals surface area contributed by atoms with E-state index in [9.17, 15) is 9.59 Å². The van der Waals surface area contributed by atoms with Gasteiger partial charge in [0.05, 0.1) is 0 Å². The van der Waals surface area contributed by atoms with Crippen LogP contribution < -0.4 is 14.8 Å². The van der Waals surface area contributed by atoms with Crippen molar-refractivity contribution in [2.75, 3.05) is 0 Å². The molecule has 1 aliphatic rings. The number of nitrogens with one attached hydrogen (secondary N) is 1. The number of hydrogen-bond donors (Lipinski definition) is 1. The van der Waals surface area contributed by atoms with Gasteiger partial charge in [-0.15, -0.1) is 0 Å². The van der Waals surface area contributed by atoms with Crippen LogP contribution in [0.4, 0.5) is 4.39 Å². The van der Waals surface area contributed by atoms with Crippen molar-refractivity contribution >= 4 is 22.0 Å². The molecule has 7 heteroatoms. The van der Waals surface area contributed by atoms with E-state index in [1.165, 1.54) is 17.7 Å². The molecule has 5 nitrogen and oxygen atoms in total. The Labute approximate surface area is 133 Å². The SMILES string of the molecule is CC[C@H]1O[C@@H](n2c[c]([Sn]([CH3])([CH3])[CH3])c(=O)[nH]c2=O)[C@](C)(F)[C@@H]1C. The average molecular weight is 419 g/mol. The summed E-state index contributed by atoms with van der Waals surface area (Å²) in [5.74, 6) is -0.317. The fourth-order valence-electron chi connectivity index (χ4n) is 2.99. The van der Waals surface area contributed by atoms with E-state index in [2.05, 4.69) is 19.8 Å². The third-order valence-electron chi connectivity index (χ3n) is 4.67. The zero-order valence-electron chi connectivity index (χ0n) is 14.1. The maximum absolute atomic E-state index is 15.1. The number of rotatable bonds is 3. The van der Waals surface area contributed by atoms with E-state index in [0.29, 0.717) is 10.0 Å². The monoisotopic (exact) mass is 420 g/mol. The van der Waals surface area contributed by atoms with Gasteiger partial charge in [0.15, 0.2) is 0 Å². The van der Waals surface area contributed by atoms with Crippen LogP contribution in [0, 0.1) is 5.92 Å². The van der Waals surface area contributed by atoms with Crippen LogP contribution in [0.1, 0.15) is 33.4 Å². The average Bonchev–Trinajstić information content (AvgIpc) is 2.60. The Balaban J connectivity index is 2.59. The molecule has 0 spiro atoms. The standard InChI is InChI=1S/C12H16FN2O3.3CH3.Sn/c1-4-8-7(2)12(3,13)10(18-8)15-6-5-9(16)14-11(15)17;;;;/h6-8,10H,4H2,1-3H3,(H,14,16,17);3*1H3;/t7-,8-,10-,12-;;;;/m1..../s1. The van der Waals surface area contributed by atoms with Gasteiger partial charge in [0.1, 0.15) is 0 Å². The first-order valence-electron chi connectivity index (χ1n) is 7.70. The molecule has 4 atom stereocenters. The van der Waals surface area contributed by atoms with Crippen molar-refractivity contribution in [3.8, 4) is 0 Å². The molecule has 1 N–H and O–H groups in total. The van der Waals surface area contributed by atoms with Gasteiger partial charge in [0.2, 0.25) is 0 Å². The van der Waals surface area contributed by atoms with E-state index < -0.39 is 36.0 Å². The number of H-pyrrole nitrogens is 1. The Morgan fingerprint density at radius 3 is 2.45 bits per heavy atom. The van der Waals surface area contributed by atoms with Gasteiger partial charge in [0.25, 0.3) is 0 Å². The number of aromatic amines is 1. The molecule has 2 rings (SSSR count). The second-order valence-electron chi connectivity index (χ2n) is 7.33. The Morgan fingerprint density at radius 2 is 2.00 bits per heavy atom. The summed E-state index contributed by atoms with van der Waals surface area (Å²) in [6.45, 7) is 5.21. The molecule has 1 saturated heterocycles. The molecular formula is C15H25FN2O3Sn. The summed E-state index contributed by atoms with van der Waals surface area (Å²) in [6.07, 6.45) is 0.982. The molecule has 1 aliphatic heterocycles. The Morgan fingerprint density at radius 1 is 1.41 bits per heavy atom. The summed E-state index contributed by atoms with van der Waals surface area (Å²) >= 11 is -2.72. The topological polar surface area (TPSA) is 64.1 Å². The van der Waals surface area contributed by atoms with Crippen molar-refractivity contribution in [2.24, 2.45) is 5.92 Å². The van der Waals surface area contributed by atoms with Gasteiger partial charge < -0.3 is 0 Å². The van der Waals surface area contributed by atoms with Crippen LogP contribution >= 0.6 is 0 Å². The van der Waals surface area contributed by atoms with Crippen LogP contribution in [0.2, 0.25) is 14.8 Å². The van der Waals surface area contributed by atoms with Crippen molar-refractivity contribution < 1.29 is 9.13 Å². The van der Waals surface area contributed by atoms with Crippen molar-refractivity contribution in [2.45, 2.75) is 60.0 Å². The van der Waals surface area contributed by atoms with Crippen molar-refractivity contribution in [3.05, 3.63) is 27.0 Å². The molecule has 0 aromatic carbocycles. The fraction of sp³-hybridized carbons (Fsp3) is 0.733. The first kappa shape index (κ1) is 17.7. The Hall–Kier alpha value is -0.631. The third-order valence-corrected chi connectivity index (χ3v) is 10.3. The summed E-state index contributed by atoms with van der Waals surface area (Å²) in [5, 5.41) is 0. The molecule has 1 aromatic rings. The van der Waals surface area contributed by atoms with Gasteiger partial charge in [-0.1, -0.05) is 0 Å². The minimum atomic E-state index is -2.72. The second kappa shape index (κ2) is 5.78. The molecular weight excluding hydrogens is 394 g/mol. The molecule has 1 fully saturated rings. The van der Waals surface area contributed by atoms with Crippen LogP contribution in [-0.4, -0.2) is 39.7 Å². The zero-order valence-corrected chi connectivity index (χ0v) is 16.9. The first-order valence-corrected chi connectivity index (χ1v) is 17.7. The Bertz CT molecular complexity index is 675. The Kier molecular flexibility index (Phi) is 4.65. The summed E-state index contributed by atoms with van der Waals surface area (Å²) < 4.78 is 22.8. The van der Waals surface area contributed by atoms with E-state index in [4.69, 9.17) is 4.74 Å². The van der Waals surface area contributed by atoms with Crippen LogP contribution in [0.3, 0.4) is 0 Å². The van der Waals surface area contributed by atoms with Crippen LogP contribution in [0.5, 0.6) is 0 Å². The van der Waals surface area contributed by atoms with Gasteiger partial charge in [-0.25, -0.2) is 0 Å². The van der Waals surface area contributed by atoms with Gasteiger partial charge in [0, 0.05) is 0 Å². The van der Waals surface area contributed by atoms with E-state index in [1.54, 1.807) is 6.92 Å². The van der Waals surface area contributed by atoms with Crippen molar-refractivity contribution in [1.29, 1.82) is 0 Å². The summed E-state index contributed by atoms with van der Waals surface area (Å²) in [4.78, 5) is 32.8. The molecule has 124 valence electrons. The molecule has 0 aliphatic carbocycles. The number of alkyl halides is 1. The van der Waals surface area contributed by atoms with Crippen LogP contribution in [0.15, 0.2) is 15.8 Å². The van der Waals surface area contributed by atoms with Gasteiger partial charge in [-0.05, 0) is 0 Å². The van der Waals surface area contributed by atoms with Crippen molar-refractivity contribution in [3.63, 3.8) is 0 Å². The summed E-state index contributed by atoms with van der Waals surface area (Å²) in [7, 11) is 0. The first-order chi connectivity index (χ1) is 10.00. The van der Waals surface area contributed by atoms with Crippen molar-refractivity contribution in [1.82, 2.24) is 9.55 Å². The maximum atomic E-state index is 15.1. The van der Waals surface area contributed by atoms with E-state index in [0.717, 1.165) is 0 Å². The number of halogens is 1. The van der Waals surface area contributed by atoms with E-state index in [-0.39, 0.29) is 17.6 Å². The van der Waals surface area contributed by atoms with Gasteiger partial charge in [-0.3, -0.25) is 0 Å². The van der Waals surface area contributed by atoms with Crippen LogP contribution in [-0.2, 0) is 4.74 Å². The summed E-state index contributed by atoms with van der Waals surface area (Å²) in [6, 6.07) is 0.